The minimum absolute atomic E-state index is 0.0791. The number of aromatic nitrogens is 2. The van der Waals surface area contributed by atoms with Crippen molar-refractivity contribution in [3.05, 3.63) is 76.1 Å². The number of amides is 2. The fourth-order valence-electron chi connectivity index (χ4n) is 3.13. The van der Waals surface area contributed by atoms with E-state index in [1.807, 2.05) is 64.1 Å². The molecule has 0 aliphatic rings. The molecular weight excluding hydrogens is 404 g/mol. The Balaban J connectivity index is 1.89. The number of carbonyl (C=O) groups is 2. The molecule has 0 radical (unpaired) electrons. The highest BCUT2D eigenvalue weighted by Gasteiger charge is 2.19. The van der Waals surface area contributed by atoms with Crippen LogP contribution in [0.1, 0.15) is 37.9 Å². The molecule has 0 saturated carbocycles. The molecule has 1 unspecified atom stereocenters. The lowest BCUT2D eigenvalue weighted by Gasteiger charge is -2.16. The normalized spacial score (nSPS) is 11.8. The van der Waals surface area contributed by atoms with Gasteiger partial charge >= 0.3 is 0 Å². The highest BCUT2D eigenvalue weighted by atomic mass is 16.2. The van der Waals surface area contributed by atoms with Gasteiger partial charge in [0.1, 0.15) is 6.04 Å². The molecule has 1 aromatic heterocycles. The molecule has 2 amide bonds. The third-order valence-electron chi connectivity index (χ3n) is 5.17. The van der Waals surface area contributed by atoms with Crippen LogP contribution in [0.25, 0.3) is 11.3 Å². The van der Waals surface area contributed by atoms with Crippen molar-refractivity contribution in [1.82, 2.24) is 9.78 Å². The van der Waals surface area contributed by atoms with Crippen molar-refractivity contribution in [2.24, 2.45) is 5.92 Å². The van der Waals surface area contributed by atoms with E-state index in [9.17, 15) is 14.4 Å². The van der Waals surface area contributed by atoms with Crippen molar-refractivity contribution < 1.29 is 9.59 Å². The van der Waals surface area contributed by atoms with Gasteiger partial charge in [-0.1, -0.05) is 38.1 Å². The maximum absolute atomic E-state index is 12.7. The van der Waals surface area contributed by atoms with Gasteiger partial charge in [-0.15, -0.1) is 0 Å². The number of carbonyl (C=O) groups excluding carboxylic acids is 2. The molecule has 0 aliphatic heterocycles. The summed E-state index contributed by atoms with van der Waals surface area (Å²) in [5, 5.41) is 10.2. The quantitative estimate of drug-likeness (QED) is 0.607. The fraction of sp³-hybridized carbons (Fsp3) is 0.280. The zero-order chi connectivity index (χ0) is 23.4. The summed E-state index contributed by atoms with van der Waals surface area (Å²) >= 11 is 0. The Morgan fingerprint density at radius 1 is 0.906 bits per heavy atom. The van der Waals surface area contributed by atoms with Crippen LogP contribution in [0.3, 0.4) is 0 Å². The molecule has 0 bridgehead atoms. The standard InChI is InChI=1S/C25H28N4O3/c1-15(2)24(31)27-22-14-19(10-9-17(22)4)21-11-12-23(30)29(28-21)18(5)25(32)26-20-8-6-7-16(3)13-20/h6-15,18H,1-5H3,(H,26,32)(H,27,31). The van der Waals surface area contributed by atoms with E-state index < -0.39 is 6.04 Å². The molecule has 2 N–H and O–H groups in total. The summed E-state index contributed by atoms with van der Waals surface area (Å²) in [6, 6.07) is 15.2. The Bertz CT molecular complexity index is 1210. The molecule has 1 atom stereocenters. The molecule has 0 spiro atoms. The molecule has 32 heavy (non-hydrogen) atoms. The van der Waals surface area contributed by atoms with E-state index >= 15 is 0 Å². The SMILES string of the molecule is Cc1cccc(NC(=O)C(C)n2nc(-c3ccc(C)c(NC(=O)C(C)C)c3)ccc2=O)c1. The van der Waals surface area contributed by atoms with Crippen LogP contribution >= 0.6 is 0 Å². The Morgan fingerprint density at radius 2 is 1.66 bits per heavy atom. The van der Waals surface area contributed by atoms with E-state index in [4.69, 9.17) is 0 Å². The predicted molar refractivity (Wildman–Crippen MR) is 127 cm³/mol. The summed E-state index contributed by atoms with van der Waals surface area (Å²) in [6.07, 6.45) is 0. The fourth-order valence-corrected chi connectivity index (χ4v) is 3.13. The molecule has 3 rings (SSSR count). The van der Waals surface area contributed by atoms with E-state index in [2.05, 4.69) is 15.7 Å². The van der Waals surface area contributed by atoms with Crippen molar-refractivity contribution in [2.75, 3.05) is 10.6 Å². The van der Waals surface area contributed by atoms with Gasteiger partial charge in [0.2, 0.25) is 11.8 Å². The zero-order valence-corrected chi connectivity index (χ0v) is 19.0. The monoisotopic (exact) mass is 432 g/mol. The second-order valence-electron chi connectivity index (χ2n) is 8.21. The first kappa shape index (κ1) is 22.9. The van der Waals surface area contributed by atoms with Crippen LogP contribution in [0.15, 0.2) is 59.4 Å². The largest absolute Gasteiger partial charge is 0.326 e. The van der Waals surface area contributed by atoms with Gasteiger partial charge in [0.15, 0.2) is 0 Å². The summed E-state index contributed by atoms with van der Waals surface area (Å²) in [7, 11) is 0. The van der Waals surface area contributed by atoms with Crippen molar-refractivity contribution in [3.63, 3.8) is 0 Å². The first-order valence-corrected chi connectivity index (χ1v) is 10.5. The maximum atomic E-state index is 12.7. The zero-order valence-electron chi connectivity index (χ0n) is 19.0. The van der Waals surface area contributed by atoms with Crippen LogP contribution in [0, 0.1) is 19.8 Å². The molecule has 1 heterocycles. The number of rotatable bonds is 6. The number of nitrogens with one attached hydrogen (secondary N) is 2. The molecule has 7 heteroatoms. The van der Waals surface area contributed by atoms with Crippen molar-refractivity contribution in [2.45, 2.75) is 40.7 Å². The molecule has 7 nitrogen and oxygen atoms in total. The minimum Gasteiger partial charge on any atom is -0.326 e. The van der Waals surface area contributed by atoms with E-state index in [1.54, 1.807) is 19.1 Å². The number of hydrogen-bond acceptors (Lipinski definition) is 4. The van der Waals surface area contributed by atoms with Gasteiger partial charge in [-0.2, -0.15) is 5.10 Å². The minimum atomic E-state index is -0.812. The number of aryl methyl sites for hydroxylation is 2. The highest BCUT2D eigenvalue weighted by Crippen LogP contribution is 2.24. The average Bonchev–Trinajstić information content (AvgIpc) is 2.75. The van der Waals surface area contributed by atoms with Gasteiger partial charge in [0.05, 0.1) is 5.69 Å². The molecule has 2 aromatic carbocycles. The van der Waals surface area contributed by atoms with Crippen molar-refractivity contribution in [3.8, 4) is 11.3 Å². The van der Waals surface area contributed by atoms with E-state index in [0.29, 0.717) is 17.1 Å². The predicted octanol–water partition coefficient (Wildman–Crippen LogP) is 4.32. The Hall–Kier alpha value is -3.74. The van der Waals surface area contributed by atoms with Gasteiger partial charge in [-0.05, 0) is 56.2 Å². The average molecular weight is 433 g/mol. The first-order valence-electron chi connectivity index (χ1n) is 10.5. The number of benzene rings is 2. The molecule has 0 saturated heterocycles. The number of hydrogen-bond donors (Lipinski definition) is 2. The van der Waals surface area contributed by atoms with Crippen molar-refractivity contribution in [1.29, 1.82) is 0 Å². The molecule has 0 aliphatic carbocycles. The van der Waals surface area contributed by atoms with Crippen LogP contribution in [0.5, 0.6) is 0 Å². The third kappa shape index (κ3) is 5.29. The summed E-state index contributed by atoms with van der Waals surface area (Å²) in [4.78, 5) is 37.3. The highest BCUT2D eigenvalue weighted by molar-refractivity contribution is 5.94. The summed E-state index contributed by atoms with van der Waals surface area (Å²) in [6.45, 7) is 9.14. The molecule has 166 valence electrons. The summed E-state index contributed by atoms with van der Waals surface area (Å²) < 4.78 is 1.17. The van der Waals surface area contributed by atoms with E-state index in [-0.39, 0.29) is 23.3 Å². The summed E-state index contributed by atoms with van der Waals surface area (Å²) in [5.74, 6) is -0.563. The Morgan fingerprint density at radius 3 is 2.34 bits per heavy atom. The van der Waals surface area contributed by atoms with Gasteiger partial charge in [-0.25, -0.2) is 4.68 Å². The van der Waals surface area contributed by atoms with Gasteiger partial charge in [-0.3, -0.25) is 14.4 Å². The second-order valence-corrected chi connectivity index (χ2v) is 8.21. The first-order chi connectivity index (χ1) is 15.2. The van der Waals surface area contributed by atoms with Crippen LogP contribution in [-0.4, -0.2) is 21.6 Å². The van der Waals surface area contributed by atoms with Crippen LogP contribution in [-0.2, 0) is 9.59 Å². The molecular formula is C25H28N4O3. The Kier molecular flexibility index (Phi) is 6.88. The van der Waals surface area contributed by atoms with Gasteiger partial charge < -0.3 is 10.6 Å². The van der Waals surface area contributed by atoms with Gasteiger partial charge in [0, 0.05) is 28.9 Å². The van der Waals surface area contributed by atoms with Crippen LogP contribution < -0.4 is 16.2 Å². The lowest BCUT2D eigenvalue weighted by Crippen LogP contribution is -2.33. The van der Waals surface area contributed by atoms with Crippen LogP contribution in [0.2, 0.25) is 0 Å². The molecule has 3 aromatic rings. The number of anilines is 2. The van der Waals surface area contributed by atoms with Crippen molar-refractivity contribution >= 4 is 23.2 Å². The lowest BCUT2D eigenvalue weighted by atomic mass is 10.1. The molecule has 0 fully saturated rings. The maximum Gasteiger partial charge on any atom is 0.267 e. The second kappa shape index (κ2) is 9.60. The van der Waals surface area contributed by atoms with Gasteiger partial charge in [0.25, 0.3) is 5.56 Å². The van der Waals surface area contributed by atoms with E-state index in [0.717, 1.165) is 16.7 Å². The third-order valence-corrected chi connectivity index (χ3v) is 5.17. The topological polar surface area (TPSA) is 93.1 Å². The number of nitrogens with zero attached hydrogens (tertiary/aromatic N) is 2. The summed E-state index contributed by atoms with van der Waals surface area (Å²) in [5.41, 5.74) is 4.17. The van der Waals surface area contributed by atoms with Crippen LogP contribution in [0.4, 0.5) is 11.4 Å². The smallest absolute Gasteiger partial charge is 0.267 e. The Labute approximate surface area is 187 Å². The lowest BCUT2D eigenvalue weighted by molar-refractivity contribution is -0.119. The van der Waals surface area contributed by atoms with E-state index in [1.165, 1.54) is 10.7 Å².